The van der Waals surface area contributed by atoms with Crippen molar-refractivity contribution in [2.45, 2.75) is 20.2 Å². The number of ether oxygens (including phenoxy) is 2. The van der Waals surface area contributed by atoms with E-state index in [1.165, 1.54) is 13.8 Å². The lowest BCUT2D eigenvalue weighted by molar-refractivity contribution is -0.390. The molecule has 0 aromatic carbocycles. The third-order valence-corrected chi connectivity index (χ3v) is 2.03. The molecule has 0 aliphatic carbocycles. The molecule has 0 saturated heterocycles. The van der Waals surface area contributed by atoms with E-state index >= 15 is 0 Å². The minimum Gasteiger partial charge on any atom is -0.462 e. The normalized spacial score (nSPS) is 11.1. The van der Waals surface area contributed by atoms with Gasteiger partial charge in [0.2, 0.25) is 0 Å². The van der Waals surface area contributed by atoms with E-state index in [1.807, 2.05) is 0 Å². The van der Waals surface area contributed by atoms with Crippen LogP contribution >= 0.6 is 0 Å². The summed E-state index contributed by atoms with van der Waals surface area (Å²) in [6, 6.07) is 0.865. The number of nitro groups is 1. The molecule has 7 nitrogen and oxygen atoms in total. The molecule has 1 rings (SSSR count). The van der Waals surface area contributed by atoms with E-state index in [2.05, 4.69) is 14.5 Å². The number of nitrogens with zero attached hydrogens (tertiary/aromatic N) is 2. The fourth-order valence-electron chi connectivity index (χ4n) is 1.31. The maximum absolute atomic E-state index is 12.2. The van der Waals surface area contributed by atoms with Crippen LogP contribution in [0.5, 0.6) is 5.88 Å². The number of hydrogen-bond donors (Lipinski definition) is 0. The monoisotopic (exact) mass is 294 g/mol. The lowest BCUT2D eigenvalue weighted by Crippen LogP contribution is -2.21. The number of esters is 1. The predicted octanol–water partition coefficient (Wildman–Crippen LogP) is 2.37. The van der Waals surface area contributed by atoms with Gasteiger partial charge in [0.25, 0.3) is 0 Å². The highest BCUT2D eigenvalue weighted by atomic mass is 19.4. The van der Waals surface area contributed by atoms with Crippen molar-refractivity contribution < 1.29 is 32.4 Å². The summed E-state index contributed by atoms with van der Waals surface area (Å²) in [7, 11) is 0. The molecule has 110 valence electrons. The van der Waals surface area contributed by atoms with Crippen molar-refractivity contribution in [2.24, 2.45) is 0 Å². The highest BCUT2D eigenvalue weighted by molar-refractivity contribution is 5.92. The van der Waals surface area contributed by atoms with E-state index in [1.54, 1.807) is 0 Å². The summed E-state index contributed by atoms with van der Waals surface area (Å²) in [4.78, 5) is 24.3. The SMILES string of the molecule is CCOC(=O)c1cc(C)c([N+](=O)[O-])nc1OC(F)(F)F. The highest BCUT2D eigenvalue weighted by Crippen LogP contribution is 2.29. The van der Waals surface area contributed by atoms with Crippen LogP contribution in [-0.2, 0) is 4.74 Å². The van der Waals surface area contributed by atoms with Crippen molar-refractivity contribution in [3.05, 3.63) is 27.3 Å². The zero-order valence-corrected chi connectivity index (χ0v) is 10.4. The first-order valence-electron chi connectivity index (χ1n) is 5.24. The van der Waals surface area contributed by atoms with Gasteiger partial charge in [-0.05, 0) is 24.8 Å². The Hall–Kier alpha value is -2.39. The van der Waals surface area contributed by atoms with Gasteiger partial charge in [0.15, 0.2) is 0 Å². The molecule has 0 fully saturated rings. The number of carbonyl (C=O) groups is 1. The highest BCUT2D eigenvalue weighted by Gasteiger charge is 2.37. The molecule has 0 aliphatic rings. The zero-order chi connectivity index (χ0) is 15.5. The molecule has 0 atom stereocenters. The molecule has 0 bridgehead atoms. The number of hydrogen-bond acceptors (Lipinski definition) is 6. The van der Waals surface area contributed by atoms with Crippen LogP contribution < -0.4 is 4.74 Å². The lowest BCUT2D eigenvalue weighted by atomic mass is 10.2. The van der Waals surface area contributed by atoms with Gasteiger partial charge < -0.3 is 19.6 Å². The largest absolute Gasteiger partial charge is 0.575 e. The van der Waals surface area contributed by atoms with Crippen LogP contribution in [-0.4, -0.2) is 28.8 Å². The smallest absolute Gasteiger partial charge is 0.462 e. The number of alkyl halides is 3. The van der Waals surface area contributed by atoms with Crippen molar-refractivity contribution in [3.8, 4) is 5.88 Å². The maximum Gasteiger partial charge on any atom is 0.575 e. The Labute approximate surface area is 110 Å². The summed E-state index contributed by atoms with van der Waals surface area (Å²) in [5.74, 6) is -3.16. The Kier molecular flexibility index (Phi) is 4.48. The van der Waals surface area contributed by atoms with Crippen LogP contribution in [0.2, 0.25) is 0 Å². The van der Waals surface area contributed by atoms with E-state index in [0.29, 0.717) is 0 Å². The minimum atomic E-state index is -5.14. The Morgan fingerprint density at radius 2 is 2.10 bits per heavy atom. The molecular formula is C10H9F3N2O5. The van der Waals surface area contributed by atoms with Gasteiger partial charge in [-0.25, -0.2) is 4.79 Å². The molecule has 0 aliphatic heterocycles. The van der Waals surface area contributed by atoms with Crippen LogP contribution in [0.15, 0.2) is 6.07 Å². The molecule has 20 heavy (non-hydrogen) atoms. The van der Waals surface area contributed by atoms with Gasteiger partial charge in [-0.2, -0.15) is 0 Å². The molecule has 0 amide bonds. The molecular weight excluding hydrogens is 285 g/mol. The Morgan fingerprint density at radius 1 is 1.50 bits per heavy atom. The topological polar surface area (TPSA) is 91.6 Å². The molecule has 0 N–H and O–H groups in total. The lowest BCUT2D eigenvalue weighted by Gasteiger charge is -2.09. The maximum atomic E-state index is 12.2. The molecule has 1 aromatic rings. The van der Waals surface area contributed by atoms with Crippen molar-refractivity contribution >= 4 is 11.8 Å². The Balaban J connectivity index is 3.37. The fourth-order valence-corrected chi connectivity index (χ4v) is 1.31. The van der Waals surface area contributed by atoms with E-state index in [-0.39, 0.29) is 12.2 Å². The van der Waals surface area contributed by atoms with Gasteiger partial charge in [0.1, 0.15) is 5.56 Å². The molecule has 0 radical (unpaired) electrons. The van der Waals surface area contributed by atoms with Crippen molar-refractivity contribution in [1.29, 1.82) is 0 Å². The summed E-state index contributed by atoms with van der Waals surface area (Å²) in [5, 5.41) is 10.6. The second-order valence-corrected chi connectivity index (χ2v) is 3.51. The minimum absolute atomic E-state index is 0.0830. The van der Waals surface area contributed by atoms with Gasteiger partial charge in [0, 0.05) is 10.5 Å². The fraction of sp³-hybridized carbons (Fsp3) is 0.400. The van der Waals surface area contributed by atoms with E-state index in [0.717, 1.165) is 6.07 Å². The van der Waals surface area contributed by atoms with Gasteiger partial charge in [-0.15, -0.1) is 13.2 Å². The van der Waals surface area contributed by atoms with Gasteiger partial charge in [-0.1, -0.05) is 0 Å². The summed E-state index contributed by atoms with van der Waals surface area (Å²) in [6.45, 7) is 2.60. The number of halogens is 3. The quantitative estimate of drug-likeness (QED) is 0.481. The first-order valence-corrected chi connectivity index (χ1v) is 5.24. The number of carbonyl (C=O) groups excluding carboxylic acids is 1. The Morgan fingerprint density at radius 3 is 2.55 bits per heavy atom. The third kappa shape index (κ3) is 3.80. The molecule has 1 aromatic heterocycles. The number of aryl methyl sites for hydroxylation is 1. The zero-order valence-electron chi connectivity index (χ0n) is 10.4. The average Bonchev–Trinajstić information content (AvgIpc) is 2.29. The number of rotatable bonds is 4. The Bertz CT molecular complexity index is 544. The predicted molar refractivity (Wildman–Crippen MR) is 58.3 cm³/mol. The first kappa shape index (κ1) is 15.7. The van der Waals surface area contributed by atoms with Crippen molar-refractivity contribution in [3.63, 3.8) is 0 Å². The van der Waals surface area contributed by atoms with Gasteiger partial charge in [0.05, 0.1) is 6.61 Å². The summed E-state index contributed by atoms with van der Waals surface area (Å²) in [6.07, 6.45) is -5.14. The summed E-state index contributed by atoms with van der Waals surface area (Å²) in [5.41, 5.74) is -0.722. The van der Waals surface area contributed by atoms with Crippen molar-refractivity contribution in [1.82, 2.24) is 4.98 Å². The standard InChI is InChI=1S/C10H9F3N2O5/c1-3-19-9(16)6-4-5(2)7(15(17)18)14-8(6)20-10(11,12)13/h4H,3H2,1-2H3. The van der Waals surface area contributed by atoms with Gasteiger partial charge >= 0.3 is 24.0 Å². The van der Waals surface area contributed by atoms with Gasteiger partial charge in [-0.3, -0.25) is 0 Å². The molecule has 1 heterocycles. The third-order valence-electron chi connectivity index (χ3n) is 2.03. The van der Waals surface area contributed by atoms with E-state index in [9.17, 15) is 28.1 Å². The van der Waals surface area contributed by atoms with Crippen LogP contribution in [0.3, 0.4) is 0 Å². The van der Waals surface area contributed by atoms with E-state index in [4.69, 9.17) is 0 Å². The summed E-state index contributed by atoms with van der Waals surface area (Å²) < 4.78 is 44.7. The van der Waals surface area contributed by atoms with Crippen LogP contribution in [0.4, 0.5) is 19.0 Å². The van der Waals surface area contributed by atoms with E-state index < -0.39 is 34.5 Å². The van der Waals surface area contributed by atoms with Crippen LogP contribution in [0, 0.1) is 17.0 Å². The molecule has 0 saturated carbocycles. The second-order valence-electron chi connectivity index (χ2n) is 3.51. The first-order chi connectivity index (χ1) is 9.15. The molecule has 0 spiro atoms. The summed E-state index contributed by atoms with van der Waals surface area (Å²) >= 11 is 0. The van der Waals surface area contributed by atoms with Crippen molar-refractivity contribution in [2.75, 3.05) is 6.61 Å². The van der Waals surface area contributed by atoms with Crippen LogP contribution in [0.1, 0.15) is 22.8 Å². The number of pyridine rings is 1. The average molecular weight is 294 g/mol. The number of aromatic nitrogens is 1. The molecule has 10 heteroatoms. The van der Waals surface area contributed by atoms with Crippen LogP contribution in [0.25, 0.3) is 0 Å². The molecule has 0 unspecified atom stereocenters. The second kappa shape index (κ2) is 5.72.